The minimum Gasteiger partial charge on any atom is -0.306 e. The molecule has 0 fully saturated rings. The summed E-state index contributed by atoms with van der Waals surface area (Å²) in [4.78, 5) is 0. The van der Waals surface area contributed by atoms with Gasteiger partial charge < -0.3 is 5.32 Å². The van der Waals surface area contributed by atoms with Crippen LogP contribution in [0.15, 0.2) is 30.3 Å². The first-order valence-electron chi connectivity index (χ1n) is 7.20. The van der Waals surface area contributed by atoms with Gasteiger partial charge in [0.2, 0.25) is 0 Å². The van der Waals surface area contributed by atoms with Crippen molar-refractivity contribution in [1.82, 2.24) is 5.32 Å². The van der Waals surface area contributed by atoms with E-state index in [1.807, 2.05) is 26.8 Å². The van der Waals surface area contributed by atoms with Crippen LogP contribution in [0.2, 0.25) is 0 Å². The molecule has 0 spiro atoms. The van der Waals surface area contributed by atoms with Crippen LogP contribution in [0.4, 0.5) is 8.78 Å². The molecule has 0 amide bonds. The molecule has 0 bridgehead atoms. The Bertz CT molecular complexity index is 627. The molecule has 0 aliphatic rings. The van der Waals surface area contributed by atoms with Crippen LogP contribution < -0.4 is 5.32 Å². The van der Waals surface area contributed by atoms with Crippen molar-refractivity contribution < 1.29 is 8.78 Å². The molecule has 3 heteroatoms. The number of hydrogen-bond donors (Lipinski definition) is 1. The molecule has 21 heavy (non-hydrogen) atoms. The lowest BCUT2D eigenvalue weighted by molar-refractivity contribution is 0.553. The van der Waals surface area contributed by atoms with Crippen molar-refractivity contribution in [1.29, 1.82) is 0 Å². The summed E-state index contributed by atoms with van der Waals surface area (Å²) in [5, 5.41) is 3.30. The summed E-state index contributed by atoms with van der Waals surface area (Å²) in [6.07, 6.45) is 0. The monoisotopic (exact) mass is 289 g/mol. The predicted octanol–water partition coefficient (Wildman–Crippen LogP) is 4.59. The fraction of sp³-hybridized carbons (Fsp3) is 0.333. The first-order chi connectivity index (χ1) is 9.93. The number of rotatable bonds is 4. The molecular formula is C18H21F2N. The Morgan fingerprint density at radius 2 is 1.67 bits per heavy atom. The van der Waals surface area contributed by atoms with E-state index in [2.05, 4.69) is 5.32 Å². The molecule has 112 valence electrons. The van der Waals surface area contributed by atoms with Crippen molar-refractivity contribution in [2.24, 2.45) is 0 Å². The molecule has 2 aromatic rings. The lowest BCUT2D eigenvalue weighted by atomic mass is 9.92. The number of benzene rings is 2. The van der Waals surface area contributed by atoms with E-state index in [9.17, 15) is 8.78 Å². The Balaban J connectivity index is 2.55. The van der Waals surface area contributed by atoms with Crippen molar-refractivity contribution in [3.8, 4) is 0 Å². The minimum atomic E-state index is -0.269. The zero-order valence-corrected chi connectivity index (χ0v) is 12.9. The number of aryl methyl sites for hydroxylation is 3. The Morgan fingerprint density at radius 1 is 0.952 bits per heavy atom. The second kappa shape index (κ2) is 6.35. The molecule has 0 aliphatic heterocycles. The second-order valence-electron chi connectivity index (χ2n) is 5.48. The fourth-order valence-corrected chi connectivity index (χ4v) is 2.73. The summed E-state index contributed by atoms with van der Waals surface area (Å²) in [5.74, 6) is -0.462. The molecule has 1 atom stereocenters. The third-order valence-electron chi connectivity index (χ3n) is 3.69. The SMILES string of the molecule is CCNC(c1ccc(F)c(C)c1)c1c(C)cc(C)cc1F. The molecule has 1 unspecified atom stereocenters. The average Bonchev–Trinajstić information content (AvgIpc) is 2.40. The maximum Gasteiger partial charge on any atom is 0.128 e. The average molecular weight is 289 g/mol. The zero-order chi connectivity index (χ0) is 15.6. The standard InChI is InChI=1S/C18H21F2N/c1-5-21-18(14-6-7-15(19)12(3)10-14)17-13(4)8-11(2)9-16(17)20/h6-10,18,21H,5H2,1-4H3. The largest absolute Gasteiger partial charge is 0.306 e. The van der Waals surface area contributed by atoms with E-state index in [4.69, 9.17) is 0 Å². The van der Waals surface area contributed by atoms with Crippen molar-refractivity contribution in [3.05, 3.63) is 69.8 Å². The minimum absolute atomic E-state index is 0.222. The molecule has 1 N–H and O–H groups in total. The molecule has 0 aromatic heterocycles. The van der Waals surface area contributed by atoms with Crippen molar-refractivity contribution in [3.63, 3.8) is 0 Å². The summed E-state index contributed by atoms with van der Waals surface area (Å²) in [6.45, 7) is 8.19. The number of hydrogen-bond acceptors (Lipinski definition) is 1. The van der Waals surface area contributed by atoms with E-state index in [1.54, 1.807) is 25.1 Å². The predicted molar refractivity (Wildman–Crippen MR) is 82.5 cm³/mol. The Kier molecular flexibility index (Phi) is 4.73. The van der Waals surface area contributed by atoms with E-state index in [-0.39, 0.29) is 17.7 Å². The molecule has 2 aromatic carbocycles. The molecular weight excluding hydrogens is 268 g/mol. The molecule has 0 aliphatic carbocycles. The smallest absolute Gasteiger partial charge is 0.128 e. The number of halogens is 2. The van der Waals surface area contributed by atoms with Gasteiger partial charge in [-0.05, 0) is 61.7 Å². The lowest BCUT2D eigenvalue weighted by Crippen LogP contribution is -2.24. The van der Waals surface area contributed by atoms with Crippen molar-refractivity contribution in [2.75, 3.05) is 6.54 Å². The number of nitrogens with one attached hydrogen (secondary N) is 1. The van der Waals surface area contributed by atoms with Gasteiger partial charge in [-0.1, -0.05) is 25.1 Å². The van der Waals surface area contributed by atoms with Crippen LogP contribution in [0.1, 0.15) is 40.8 Å². The summed E-state index contributed by atoms with van der Waals surface area (Å²) >= 11 is 0. The van der Waals surface area contributed by atoms with Gasteiger partial charge in [-0.2, -0.15) is 0 Å². The van der Waals surface area contributed by atoms with E-state index < -0.39 is 0 Å². The molecule has 2 rings (SSSR count). The highest BCUT2D eigenvalue weighted by molar-refractivity contribution is 5.41. The lowest BCUT2D eigenvalue weighted by Gasteiger charge is -2.22. The third kappa shape index (κ3) is 3.30. The van der Waals surface area contributed by atoms with Crippen LogP contribution in [0.5, 0.6) is 0 Å². The van der Waals surface area contributed by atoms with Crippen LogP contribution >= 0.6 is 0 Å². The van der Waals surface area contributed by atoms with Gasteiger partial charge in [-0.3, -0.25) is 0 Å². The molecule has 0 saturated heterocycles. The molecule has 1 nitrogen and oxygen atoms in total. The highest BCUT2D eigenvalue weighted by atomic mass is 19.1. The third-order valence-corrected chi connectivity index (χ3v) is 3.69. The van der Waals surface area contributed by atoms with Gasteiger partial charge in [0, 0.05) is 5.56 Å². The summed E-state index contributed by atoms with van der Waals surface area (Å²) in [6, 6.07) is 8.18. The Hall–Kier alpha value is -1.74. The first-order valence-corrected chi connectivity index (χ1v) is 7.20. The van der Waals surface area contributed by atoms with E-state index >= 15 is 0 Å². The van der Waals surface area contributed by atoms with Crippen LogP contribution in [-0.2, 0) is 0 Å². The normalized spacial score (nSPS) is 12.5. The van der Waals surface area contributed by atoms with E-state index in [0.29, 0.717) is 17.7 Å². The highest BCUT2D eigenvalue weighted by Gasteiger charge is 2.20. The Labute approximate surface area is 125 Å². The second-order valence-corrected chi connectivity index (χ2v) is 5.48. The van der Waals surface area contributed by atoms with Gasteiger partial charge in [0.25, 0.3) is 0 Å². The van der Waals surface area contributed by atoms with Gasteiger partial charge in [0.15, 0.2) is 0 Å². The molecule has 0 radical (unpaired) electrons. The summed E-state index contributed by atoms with van der Waals surface area (Å²) in [5.41, 5.74) is 3.88. The summed E-state index contributed by atoms with van der Waals surface area (Å²) < 4.78 is 27.9. The summed E-state index contributed by atoms with van der Waals surface area (Å²) in [7, 11) is 0. The fourth-order valence-electron chi connectivity index (χ4n) is 2.73. The highest BCUT2D eigenvalue weighted by Crippen LogP contribution is 2.29. The van der Waals surface area contributed by atoms with E-state index in [1.165, 1.54) is 6.07 Å². The molecule has 0 saturated carbocycles. The van der Waals surface area contributed by atoms with Gasteiger partial charge in [-0.25, -0.2) is 8.78 Å². The maximum atomic E-state index is 14.4. The van der Waals surface area contributed by atoms with E-state index in [0.717, 1.165) is 16.7 Å². The van der Waals surface area contributed by atoms with Crippen molar-refractivity contribution >= 4 is 0 Å². The van der Waals surface area contributed by atoms with Gasteiger partial charge in [-0.15, -0.1) is 0 Å². The van der Waals surface area contributed by atoms with Crippen LogP contribution in [0.3, 0.4) is 0 Å². The van der Waals surface area contributed by atoms with Crippen LogP contribution in [-0.4, -0.2) is 6.54 Å². The van der Waals surface area contributed by atoms with Gasteiger partial charge >= 0.3 is 0 Å². The maximum absolute atomic E-state index is 14.4. The van der Waals surface area contributed by atoms with Crippen LogP contribution in [0.25, 0.3) is 0 Å². The first kappa shape index (κ1) is 15.6. The van der Waals surface area contributed by atoms with Crippen LogP contribution in [0, 0.1) is 32.4 Å². The zero-order valence-electron chi connectivity index (χ0n) is 12.9. The quantitative estimate of drug-likeness (QED) is 0.868. The topological polar surface area (TPSA) is 12.0 Å². The molecule has 0 heterocycles. The van der Waals surface area contributed by atoms with Gasteiger partial charge in [0.1, 0.15) is 11.6 Å². The Morgan fingerprint density at radius 3 is 2.24 bits per heavy atom. The van der Waals surface area contributed by atoms with Gasteiger partial charge in [0.05, 0.1) is 6.04 Å². The van der Waals surface area contributed by atoms with Crippen molar-refractivity contribution in [2.45, 2.75) is 33.7 Å².